The van der Waals surface area contributed by atoms with Crippen LogP contribution in [0.25, 0.3) is 11.4 Å². The van der Waals surface area contributed by atoms with Gasteiger partial charge in [0.25, 0.3) is 5.91 Å². The Hall–Kier alpha value is -3.42. The third kappa shape index (κ3) is 3.70. The SMILES string of the molecule is Cc1ccc(-c2ncccn2)c(C(=O)N2C3CC(C3)[C@@H](C)[C@@H]2COc2ccc(F)cn2)n1. The molecule has 7 nitrogen and oxygen atoms in total. The minimum atomic E-state index is -0.414. The maximum Gasteiger partial charge on any atom is 0.273 e. The van der Waals surface area contributed by atoms with E-state index in [1.807, 2.05) is 24.0 Å². The van der Waals surface area contributed by atoms with Gasteiger partial charge in [-0.3, -0.25) is 4.79 Å². The summed E-state index contributed by atoms with van der Waals surface area (Å²) in [4.78, 5) is 33.0. The van der Waals surface area contributed by atoms with E-state index in [0.29, 0.717) is 35.5 Å². The van der Waals surface area contributed by atoms with Crippen molar-refractivity contribution in [1.82, 2.24) is 24.8 Å². The molecular formula is C24H24FN5O2. The molecule has 3 fully saturated rings. The fourth-order valence-electron chi connectivity index (χ4n) is 4.75. The predicted octanol–water partition coefficient (Wildman–Crippen LogP) is 3.70. The quantitative estimate of drug-likeness (QED) is 0.610. The maximum absolute atomic E-state index is 13.9. The summed E-state index contributed by atoms with van der Waals surface area (Å²) in [6, 6.07) is 8.31. The van der Waals surface area contributed by atoms with Crippen molar-refractivity contribution < 1.29 is 13.9 Å². The van der Waals surface area contributed by atoms with Gasteiger partial charge in [0.2, 0.25) is 5.88 Å². The maximum atomic E-state index is 13.9. The van der Waals surface area contributed by atoms with Crippen LogP contribution in [-0.2, 0) is 0 Å². The molecule has 1 amide bonds. The van der Waals surface area contributed by atoms with Gasteiger partial charge in [0.15, 0.2) is 5.82 Å². The highest BCUT2D eigenvalue weighted by Gasteiger charge is 2.51. The van der Waals surface area contributed by atoms with Gasteiger partial charge in [0.05, 0.1) is 17.8 Å². The fourth-order valence-corrected chi connectivity index (χ4v) is 4.75. The molecule has 2 bridgehead atoms. The third-order valence-corrected chi connectivity index (χ3v) is 6.63. The lowest BCUT2D eigenvalue weighted by Crippen LogP contribution is -2.64. The minimum Gasteiger partial charge on any atom is -0.475 e. The summed E-state index contributed by atoms with van der Waals surface area (Å²) in [6.45, 7) is 4.32. The Morgan fingerprint density at radius 2 is 1.94 bits per heavy atom. The Labute approximate surface area is 185 Å². The second-order valence-corrected chi connectivity index (χ2v) is 8.57. The van der Waals surface area contributed by atoms with E-state index in [1.54, 1.807) is 18.5 Å². The average Bonchev–Trinajstić information content (AvgIpc) is 2.78. The first kappa shape index (κ1) is 20.5. The number of aryl methyl sites for hydroxylation is 1. The van der Waals surface area contributed by atoms with Crippen molar-refractivity contribution >= 4 is 5.91 Å². The van der Waals surface area contributed by atoms with Gasteiger partial charge < -0.3 is 9.64 Å². The molecule has 2 atom stereocenters. The molecule has 3 aromatic rings. The van der Waals surface area contributed by atoms with Gasteiger partial charge in [0, 0.05) is 30.2 Å². The van der Waals surface area contributed by atoms with Crippen molar-refractivity contribution in [3.05, 3.63) is 66.1 Å². The highest BCUT2D eigenvalue weighted by Crippen LogP contribution is 2.47. The number of ether oxygens (including phenoxy) is 1. The van der Waals surface area contributed by atoms with Crippen LogP contribution < -0.4 is 4.74 Å². The topological polar surface area (TPSA) is 81.1 Å². The van der Waals surface area contributed by atoms with Crippen LogP contribution >= 0.6 is 0 Å². The van der Waals surface area contributed by atoms with E-state index < -0.39 is 5.82 Å². The lowest BCUT2D eigenvalue weighted by atomic mass is 9.64. The molecule has 0 unspecified atom stereocenters. The molecule has 2 aliphatic heterocycles. The van der Waals surface area contributed by atoms with Gasteiger partial charge in [-0.05, 0) is 55.9 Å². The van der Waals surface area contributed by atoms with Crippen LogP contribution in [0, 0.1) is 24.6 Å². The van der Waals surface area contributed by atoms with E-state index in [0.717, 1.165) is 24.7 Å². The van der Waals surface area contributed by atoms with Crippen molar-refractivity contribution in [3.63, 3.8) is 0 Å². The number of carbonyl (C=O) groups is 1. The van der Waals surface area contributed by atoms with Gasteiger partial charge in [-0.1, -0.05) is 6.92 Å². The summed E-state index contributed by atoms with van der Waals surface area (Å²) >= 11 is 0. The largest absolute Gasteiger partial charge is 0.475 e. The van der Waals surface area contributed by atoms with Crippen LogP contribution in [-0.4, -0.2) is 49.4 Å². The van der Waals surface area contributed by atoms with Crippen molar-refractivity contribution in [2.45, 2.75) is 38.8 Å². The molecule has 2 saturated heterocycles. The molecule has 164 valence electrons. The van der Waals surface area contributed by atoms with Crippen LogP contribution in [0.4, 0.5) is 4.39 Å². The molecule has 0 spiro atoms. The Morgan fingerprint density at radius 3 is 2.66 bits per heavy atom. The number of nitrogens with zero attached hydrogens (tertiary/aromatic N) is 5. The third-order valence-electron chi connectivity index (χ3n) is 6.63. The lowest BCUT2D eigenvalue weighted by Gasteiger charge is -2.57. The van der Waals surface area contributed by atoms with E-state index >= 15 is 0 Å². The molecule has 3 aliphatic rings. The van der Waals surface area contributed by atoms with Gasteiger partial charge in [-0.2, -0.15) is 0 Å². The zero-order valence-corrected chi connectivity index (χ0v) is 18.0. The number of hydrogen-bond acceptors (Lipinski definition) is 6. The number of pyridine rings is 2. The van der Waals surface area contributed by atoms with Gasteiger partial charge in [-0.25, -0.2) is 24.3 Å². The normalized spacial score (nSPS) is 24.0. The molecule has 1 saturated carbocycles. The van der Waals surface area contributed by atoms with Gasteiger partial charge in [0.1, 0.15) is 18.1 Å². The fraction of sp³-hybridized carbons (Fsp3) is 0.375. The molecule has 0 aromatic carbocycles. The molecule has 3 aromatic heterocycles. The number of piperidine rings is 2. The molecule has 8 heteroatoms. The van der Waals surface area contributed by atoms with Crippen molar-refractivity contribution in [2.24, 2.45) is 11.8 Å². The molecule has 5 heterocycles. The summed E-state index contributed by atoms with van der Waals surface area (Å²) in [5.74, 6) is 1.11. The summed E-state index contributed by atoms with van der Waals surface area (Å²) in [5, 5.41) is 0. The van der Waals surface area contributed by atoms with E-state index in [9.17, 15) is 9.18 Å². The monoisotopic (exact) mass is 433 g/mol. The van der Waals surface area contributed by atoms with Gasteiger partial charge in [-0.15, -0.1) is 0 Å². The molecule has 0 N–H and O–H groups in total. The van der Waals surface area contributed by atoms with Crippen LogP contribution in [0.2, 0.25) is 0 Å². The number of aromatic nitrogens is 4. The first-order valence-corrected chi connectivity index (χ1v) is 10.8. The van der Waals surface area contributed by atoms with Crippen molar-refractivity contribution in [1.29, 1.82) is 0 Å². The molecular weight excluding hydrogens is 409 g/mol. The van der Waals surface area contributed by atoms with E-state index in [2.05, 4.69) is 26.9 Å². The first-order valence-electron chi connectivity index (χ1n) is 10.8. The van der Waals surface area contributed by atoms with Crippen LogP contribution in [0.15, 0.2) is 48.9 Å². The smallest absolute Gasteiger partial charge is 0.273 e. The number of amides is 1. The zero-order chi connectivity index (χ0) is 22.2. The predicted molar refractivity (Wildman–Crippen MR) is 115 cm³/mol. The lowest BCUT2D eigenvalue weighted by molar-refractivity contribution is -0.0676. The Morgan fingerprint density at radius 1 is 1.16 bits per heavy atom. The summed E-state index contributed by atoms with van der Waals surface area (Å²) in [5.41, 5.74) is 1.74. The molecule has 0 radical (unpaired) electrons. The van der Waals surface area contributed by atoms with Crippen LogP contribution in [0.5, 0.6) is 5.88 Å². The Kier molecular flexibility index (Phi) is 5.28. The van der Waals surface area contributed by atoms with Crippen molar-refractivity contribution in [3.8, 4) is 17.3 Å². The number of carbonyl (C=O) groups excluding carboxylic acids is 1. The highest BCUT2D eigenvalue weighted by atomic mass is 19.1. The van der Waals surface area contributed by atoms with E-state index in [4.69, 9.17) is 4.74 Å². The summed E-state index contributed by atoms with van der Waals surface area (Å²) in [7, 11) is 0. The summed E-state index contributed by atoms with van der Waals surface area (Å²) in [6.07, 6.45) is 6.41. The van der Waals surface area contributed by atoms with Crippen LogP contribution in [0.3, 0.4) is 0 Å². The molecule has 32 heavy (non-hydrogen) atoms. The number of halogens is 1. The van der Waals surface area contributed by atoms with E-state index in [-0.39, 0.29) is 23.9 Å². The van der Waals surface area contributed by atoms with Crippen LogP contribution in [0.1, 0.15) is 35.9 Å². The number of hydrogen-bond donors (Lipinski definition) is 0. The molecule has 6 rings (SSSR count). The Balaban J connectivity index is 1.46. The first-order chi connectivity index (χ1) is 15.5. The minimum absolute atomic E-state index is 0.126. The Bertz CT molecular complexity index is 1120. The second kappa shape index (κ2) is 8.26. The van der Waals surface area contributed by atoms with Gasteiger partial charge >= 0.3 is 0 Å². The number of rotatable bonds is 5. The molecule has 1 aliphatic carbocycles. The summed E-state index contributed by atoms with van der Waals surface area (Å²) < 4.78 is 19.1. The second-order valence-electron chi connectivity index (χ2n) is 8.57. The number of fused-ring (bicyclic) bond motifs is 2. The zero-order valence-electron chi connectivity index (χ0n) is 18.0. The van der Waals surface area contributed by atoms with E-state index in [1.165, 1.54) is 12.1 Å². The average molecular weight is 433 g/mol. The highest BCUT2D eigenvalue weighted by molar-refractivity contribution is 5.98. The van der Waals surface area contributed by atoms with Crippen molar-refractivity contribution in [2.75, 3.05) is 6.61 Å². The standard InChI is InChI=1S/C24H24FN5O2/c1-14-4-6-19(23-26-8-3-9-27-23)22(29-14)24(31)30-18-10-16(11-18)15(2)20(30)13-32-21-7-5-17(25)12-28-21/h3-9,12,15-16,18,20H,10-11,13H2,1-2H3/t15-,16?,18?,20+/m1/s1.